The summed E-state index contributed by atoms with van der Waals surface area (Å²) in [7, 11) is 0. The Balaban J connectivity index is 2.90. The lowest BCUT2D eigenvalue weighted by Crippen LogP contribution is -2.41. The molecule has 1 aromatic carbocycles. The lowest BCUT2D eigenvalue weighted by atomic mass is 10.0. The lowest BCUT2D eigenvalue weighted by molar-refractivity contribution is -0.143. The van der Waals surface area contributed by atoms with E-state index < -0.39 is 11.8 Å². The Morgan fingerprint density at radius 2 is 1.42 bits per heavy atom. The molecule has 0 bridgehead atoms. The van der Waals surface area contributed by atoms with Crippen LogP contribution in [0.1, 0.15) is 64.5 Å². The Bertz CT molecular complexity index is 510. The number of nitrogens with zero attached hydrogens (tertiary/aromatic N) is 1. The van der Waals surface area contributed by atoms with Gasteiger partial charge in [-0.2, -0.15) is 0 Å². The fourth-order valence-electron chi connectivity index (χ4n) is 2.73. The van der Waals surface area contributed by atoms with Crippen molar-refractivity contribution in [2.24, 2.45) is 0 Å². The number of hydrogen-bond acceptors (Lipinski definition) is 2. The summed E-state index contributed by atoms with van der Waals surface area (Å²) in [6, 6.07) is 6.01. The zero-order valence-electron chi connectivity index (χ0n) is 15.7. The van der Waals surface area contributed by atoms with Crippen LogP contribution in [-0.2, 0) is 22.4 Å². The molecule has 0 atom stereocenters. The minimum absolute atomic E-state index is 0.412. The molecule has 0 aromatic heterocycles. The third-order valence-electron chi connectivity index (χ3n) is 4.28. The van der Waals surface area contributed by atoms with Crippen LogP contribution in [-0.4, -0.2) is 29.8 Å². The maximum absolute atomic E-state index is 12.6. The van der Waals surface area contributed by atoms with E-state index in [2.05, 4.69) is 33.0 Å². The molecule has 4 nitrogen and oxygen atoms in total. The SMILES string of the molecule is CCCCN(CCCC)C(=O)C(=O)Nc1c(CC)cccc1CC. The summed E-state index contributed by atoms with van der Waals surface area (Å²) in [5.41, 5.74) is 2.96. The zero-order valence-corrected chi connectivity index (χ0v) is 15.7. The van der Waals surface area contributed by atoms with Crippen molar-refractivity contribution in [1.82, 2.24) is 4.90 Å². The molecule has 1 aromatic rings. The van der Waals surface area contributed by atoms with Crippen molar-refractivity contribution in [3.63, 3.8) is 0 Å². The molecular weight excluding hydrogens is 300 g/mol. The van der Waals surface area contributed by atoms with Gasteiger partial charge >= 0.3 is 11.8 Å². The Morgan fingerprint density at radius 1 is 0.917 bits per heavy atom. The summed E-state index contributed by atoms with van der Waals surface area (Å²) in [6.07, 6.45) is 5.52. The number of carbonyl (C=O) groups excluding carboxylic acids is 2. The van der Waals surface area contributed by atoms with Gasteiger partial charge in [-0.15, -0.1) is 0 Å². The lowest BCUT2D eigenvalue weighted by Gasteiger charge is -2.22. The topological polar surface area (TPSA) is 49.4 Å². The number of benzene rings is 1. The molecule has 0 aliphatic rings. The summed E-state index contributed by atoms with van der Waals surface area (Å²) >= 11 is 0. The van der Waals surface area contributed by atoms with E-state index in [9.17, 15) is 9.59 Å². The van der Waals surface area contributed by atoms with E-state index in [1.54, 1.807) is 4.90 Å². The van der Waals surface area contributed by atoms with E-state index in [4.69, 9.17) is 0 Å². The van der Waals surface area contributed by atoms with Gasteiger partial charge in [0.15, 0.2) is 0 Å². The molecule has 0 heterocycles. The molecule has 0 radical (unpaired) electrons. The predicted octanol–water partition coefficient (Wildman–Crippen LogP) is 4.18. The number of nitrogens with one attached hydrogen (secondary N) is 1. The molecule has 4 heteroatoms. The van der Waals surface area contributed by atoms with E-state index in [0.717, 1.165) is 55.3 Å². The number of para-hydroxylation sites is 1. The van der Waals surface area contributed by atoms with Crippen molar-refractivity contribution in [3.05, 3.63) is 29.3 Å². The fraction of sp³-hybridized carbons (Fsp3) is 0.600. The number of aryl methyl sites for hydroxylation is 2. The summed E-state index contributed by atoms with van der Waals surface area (Å²) < 4.78 is 0. The molecule has 0 aliphatic carbocycles. The van der Waals surface area contributed by atoms with Crippen LogP contribution < -0.4 is 5.32 Å². The molecule has 24 heavy (non-hydrogen) atoms. The second-order valence-corrected chi connectivity index (χ2v) is 6.11. The Kier molecular flexibility index (Phi) is 9.13. The van der Waals surface area contributed by atoms with Crippen molar-refractivity contribution in [2.75, 3.05) is 18.4 Å². The van der Waals surface area contributed by atoms with Gasteiger partial charge in [0, 0.05) is 18.8 Å². The Hall–Kier alpha value is -1.84. The number of rotatable bonds is 9. The number of anilines is 1. The van der Waals surface area contributed by atoms with Crippen molar-refractivity contribution in [1.29, 1.82) is 0 Å². The van der Waals surface area contributed by atoms with E-state index in [-0.39, 0.29) is 0 Å². The first-order valence-electron chi connectivity index (χ1n) is 9.29. The second-order valence-electron chi connectivity index (χ2n) is 6.11. The minimum Gasteiger partial charge on any atom is -0.334 e. The van der Waals surface area contributed by atoms with Crippen LogP contribution in [0.25, 0.3) is 0 Å². The van der Waals surface area contributed by atoms with Gasteiger partial charge < -0.3 is 10.2 Å². The van der Waals surface area contributed by atoms with Crippen LogP contribution in [0.4, 0.5) is 5.69 Å². The van der Waals surface area contributed by atoms with E-state index in [0.29, 0.717) is 13.1 Å². The number of hydrogen-bond donors (Lipinski definition) is 1. The zero-order chi connectivity index (χ0) is 17.9. The average molecular weight is 332 g/mol. The highest BCUT2D eigenvalue weighted by atomic mass is 16.2. The highest BCUT2D eigenvalue weighted by Crippen LogP contribution is 2.22. The first-order chi connectivity index (χ1) is 11.6. The van der Waals surface area contributed by atoms with Crippen LogP contribution in [0.15, 0.2) is 18.2 Å². The van der Waals surface area contributed by atoms with Gasteiger partial charge in [-0.25, -0.2) is 0 Å². The van der Waals surface area contributed by atoms with Gasteiger partial charge in [0.2, 0.25) is 0 Å². The number of unbranched alkanes of at least 4 members (excludes halogenated alkanes) is 2. The summed E-state index contributed by atoms with van der Waals surface area (Å²) in [5, 5.41) is 2.88. The Labute approximate surface area is 146 Å². The largest absolute Gasteiger partial charge is 0.334 e. The van der Waals surface area contributed by atoms with Crippen molar-refractivity contribution in [3.8, 4) is 0 Å². The van der Waals surface area contributed by atoms with Crippen molar-refractivity contribution < 1.29 is 9.59 Å². The molecule has 0 unspecified atom stereocenters. The van der Waals surface area contributed by atoms with E-state index in [1.807, 2.05) is 18.2 Å². The van der Waals surface area contributed by atoms with Gasteiger partial charge in [0.1, 0.15) is 0 Å². The normalized spacial score (nSPS) is 10.5. The van der Waals surface area contributed by atoms with Crippen LogP contribution in [0.5, 0.6) is 0 Å². The molecule has 0 aliphatic heterocycles. The third-order valence-corrected chi connectivity index (χ3v) is 4.28. The number of amides is 2. The predicted molar refractivity (Wildman–Crippen MR) is 100 cm³/mol. The van der Waals surface area contributed by atoms with Gasteiger partial charge in [-0.05, 0) is 36.8 Å². The smallest absolute Gasteiger partial charge is 0.313 e. The molecule has 134 valence electrons. The van der Waals surface area contributed by atoms with Gasteiger partial charge in [-0.3, -0.25) is 9.59 Å². The quantitative estimate of drug-likeness (QED) is 0.690. The molecule has 2 amide bonds. The van der Waals surface area contributed by atoms with Crippen LogP contribution >= 0.6 is 0 Å². The molecular formula is C20H32N2O2. The molecule has 1 N–H and O–H groups in total. The van der Waals surface area contributed by atoms with Crippen LogP contribution in [0.3, 0.4) is 0 Å². The summed E-state index contributed by atoms with van der Waals surface area (Å²) in [4.78, 5) is 26.8. The fourth-order valence-corrected chi connectivity index (χ4v) is 2.73. The third kappa shape index (κ3) is 5.66. The molecule has 0 saturated carbocycles. The summed E-state index contributed by atoms with van der Waals surface area (Å²) in [6.45, 7) is 9.60. The monoisotopic (exact) mass is 332 g/mol. The van der Waals surface area contributed by atoms with Crippen molar-refractivity contribution >= 4 is 17.5 Å². The number of carbonyl (C=O) groups is 2. The molecule has 0 spiro atoms. The maximum atomic E-state index is 12.6. The van der Waals surface area contributed by atoms with Gasteiger partial charge in [-0.1, -0.05) is 58.7 Å². The molecule has 1 rings (SSSR count). The summed E-state index contributed by atoms with van der Waals surface area (Å²) in [5.74, 6) is -0.928. The van der Waals surface area contributed by atoms with Gasteiger partial charge in [0.25, 0.3) is 0 Å². The molecule has 0 saturated heterocycles. The first kappa shape index (κ1) is 20.2. The molecule has 0 fully saturated rings. The van der Waals surface area contributed by atoms with Crippen LogP contribution in [0.2, 0.25) is 0 Å². The van der Waals surface area contributed by atoms with E-state index in [1.165, 1.54) is 0 Å². The first-order valence-corrected chi connectivity index (χ1v) is 9.29. The highest BCUT2D eigenvalue weighted by Gasteiger charge is 2.22. The highest BCUT2D eigenvalue weighted by molar-refractivity contribution is 6.39. The second kappa shape index (κ2) is 10.8. The van der Waals surface area contributed by atoms with E-state index >= 15 is 0 Å². The van der Waals surface area contributed by atoms with Crippen LogP contribution in [0, 0.1) is 0 Å². The van der Waals surface area contributed by atoms with Crippen molar-refractivity contribution in [2.45, 2.75) is 66.2 Å². The van der Waals surface area contributed by atoms with Gasteiger partial charge in [0.05, 0.1) is 0 Å². The maximum Gasteiger partial charge on any atom is 0.313 e. The minimum atomic E-state index is -0.516. The standard InChI is InChI=1S/C20H32N2O2/c1-5-9-14-22(15-10-6-2)20(24)19(23)21-18-16(7-3)12-11-13-17(18)8-4/h11-13H,5-10,14-15H2,1-4H3,(H,21,23). The average Bonchev–Trinajstić information content (AvgIpc) is 2.61. The Morgan fingerprint density at radius 3 is 1.83 bits per heavy atom.